The second-order valence-electron chi connectivity index (χ2n) is 5.15. The molecule has 1 amide bonds. The van der Waals surface area contributed by atoms with Crippen LogP contribution in [0.4, 0.5) is 10.1 Å². The van der Waals surface area contributed by atoms with Gasteiger partial charge in [0.05, 0.1) is 6.54 Å². The van der Waals surface area contributed by atoms with Crippen LogP contribution < -0.4 is 5.32 Å². The summed E-state index contributed by atoms with van der Waals surface area (Å²) in [6.07, 6.45) is 0. The van der Waals surface area contributed by atoms with E-state index in [0.717, 1.165) is 0 Å². The molecule has 21 heavy (non-hydrogen) atoms. The van der Waals surface area contributed by atoms with E-state index in [9.17, 15) is 9.18 Å². The zero-order valence-electron chi connectivity index (χ0n) is 12.3. The Labute approximate surface area is 124 Å². The predicted molar refractivity (Wildman–Crippen MR) is 82.5 cm³/mol. The van der Waals surface area contributed by atoms with Gasteiger partial charge >= 0.3 is 0 Å². The van der Waals surface area contributed by atoms with Crippen LogP contribution in [0.1, 0.15) is 11.1 Å². The van der Waals surface area contributed by atoms with E-state index in [2.05, 4.69) is 24.4 Å². The molecule has 0 fully saturated rings. The van der Waals surface area contributed by atoms with Crippen LogP contribution in [-0.2, 0) is 11.3 Å². The van der Waals surface area contributed by atoms with Gasteiger partial charge in [0.1, 0.15) is 5.82 Å². The summed E-state index contributed by atoms with van der Waals surface area (Å²) in [6, 6.07) is 13.9. The van der Waals surface area contributed by atoms with E-state index in [1.807, 2.05) is 24.1 Å². The number of hydrogen-bond acceptors (Lipinski definition) is 2. The van der Waals surface area contributed by atoms with Crippen molar-refractivity contribution >= 4 is 11.6 Å². The molecular formula is C17H19FN2O. The minimum absolute atomic E-state index is 0.113. The highest BCUT2D eigenvalue weighted by Crippen LogP contribution is 2.10. The molecule has 0 bridgehead atoms. The number of carbonyl (C=O) groups excluding carboxylic acids is 1. The first-order valence-corrected chi connectivity index (χ1v) is 6.83. The third-order valence-electron chi connectivity index (χ3n) is 3.24. The van der Waals surface area contributed by atoms with Crippen molar-refractivity contribution in [2.24, 2.45) is 0 Å². The molecule has 0 atom stereocenters. The lowest BCUT2D eigenvalue weighted by Crippen LogP contribution is -2.30. The van der Waals surface area contributed by atoms with Gasteiger partial charge < -0.3 is 5.32 Å². The Morgan fingerprint density at radius 1 is 1.14 bits per heavy atom. The summed E-state index contributed by atoms with van der Waals surface area (Å²) in [6.45, 7) is 3.05. The lowest BCUT2D eigenvalue weighted by Gasteiger charge is -2.17. The van der Waals surface area contributed by atoms with Gasteiger partial charge in [-0.15, -0.1) is 0 Å². The van der Waals surface area contributed by atoms with E-state index >= 15 is 0 Å². The average molecular weight is 286 g/mol. The van der Waals surface area contributed by atoms with Gasteiger partial charge in [-0.2, -0.15) is 0 Å². The fourth-order valence-electron chi connectivity index (χ4n) is 2.11. The molecule has 2 aromatic rings. The van der Waals surface area contributed by atoms with E-state index in [1.54, 1.807) is 12.1 Å². The molecule has 2 rings (SSSR count). The van der Waals surface area contributed by atoms with Crippen molar-refractivity contribution in [3.63, 3.8) is 0 Å². The van der Waals surface area contributed by atoms with E-state index in [-0.39, 0.29) is 18.3 Å². The smallest absolute Gasteiger partial charge is 0.238 e. The van der Waals surface area contributed by atoms with E-state index in [0.29, 0.717) is 12.2 Å². The Balaban J connectivity index is 1.87. The average Bonchev–Trinajstić information content (AvgIpc) is 2.44. The first-order chi connectivity index (χ1) is 10.0. The lowest BCUT2D eigenvalue weighted by molar-refractivity contribution is -0.117. The molecular weight excluding hydrogens is 267 g/mol. The molecule has 0 aromatic heterocycles. The Morgan fingerprint density at radius 2 is 1.81 bits per heavy atom. The van der Waals surface area contributed by atoms with Crippen LogP contribution in [0.25, 0.3) is 0 Å². The topological polar surface area (TPSA) is 32.3 Å². The lowest BCUT2D eigenvalue weighted by atomic mass is 10.1. The second kappa shape index (κ2) is 6.99. The van der Waals surface area contributed by atoms with E-state index in [4.69, 9.17) is 0 Å². The summed E-state index contributed by atoms with van der Waals surface area (Å²) in [7, 11) is 1.90. The van der Waals surface area contributed by atoms with Crippen molar-refractivity contribution in [1.82, 2.24) is 4.90 Å². The number of hydrogen-bond donors (Lipinski definition) is 1. The molecule has 0 aliphatic rings. The van der Waals surface area contributed by atoms with Gasteiger partial charge in [0.2, 0.25) is 5.91 Å². The van der Waals surface area contributed by atoms with Crippen LogP contribution in [0.5, 0.6) is 0 Å². The highest BCUT2D eigenvalue weighted by atomic mass is 19.1. The molecule has 0 aliphatic heterocycles. The van der Waals surface area contributed by atoms with Gasteiger partial charge in [0, 0.05) is 12.2 Å². The standard InChI is InChI=1S/C17H19FN2O/c1-13-5-3-4-6-14(13)11-20(2)12-17(21)19-16-9-7-15(18)8-10-16/h3-10H,11-12H2,1-2H3,(H,19,21). The Hall–Kier alpha value is -2.20. The molecule has 0 spiro atoms. The second-order valence-corrected chi connectivity index (χ2v) is 5.15. The summed E-state index contributed by atoms with van der Waals surface area (Å²) in [4.78, 5) is 13.9. The van der Waals surface area contributed by atoms with E-state index in [1.165, 1.54) is 23.3 Å². The number of aryl methyl sites for hydroxylation is 1. The molecule has 0 heterocycles. The van der Waals surface area contributed by atoms with Crippen LogP contribution in [0.15, 0.2) is 48.5 Å². The number of carbonyl (C=O) groups is 1. The van der Waals surface area contributed by atoms with Crippen LogP contribution in [0.2, 0.25) is 0 Å². The number of nitrogens with zero attached hydrogens (tertiary/aromatic N) is 1. The zero-order chi connectivity index (χ0) is 15.2. The maximum absolute atomic E-state index is 12.8. The maximum atomic E-state index is 12.8. The van der Waals surface area contributed by atoms with Crippen molar-refractivity contribution < 1.29 is 9.18 Å². The third-order valence-corrected chi connectivity index (χ3v) is 3.24. The van der Waals surface area contributed by atoms with Crippen LogP contribution >= 0.6 is 0 Å². The Morgan fingerprint density at radius 3 is 2.48 bits per heavy atom. The number of rotatable bonds is 5. The molecule has 0 radical (unpaired) electrons. The normalized spacial score (nSPS) is 10.7. The SMILES string of the molecule is Cc1ccccc1CN(C)CC(=O)Nc1ccc(F)cc1. The van der Waals surface area contributed by atoms with Gasteiger partial charge in [-0.3, -0.25) is 9.69 Å². The quantitative estimate of drug-likeness (QED) is 0.915. The molecule has 3 nitrogen and oxygen atoms in total. The Bertz CT molecular complexity index is 610. The number of amides is 1. The first-order valence-electron chi connectivity index (χ1n) is 6.83. The summed E-state index contributed by atoms with van der Waals surface area (Å²) in [5.74, 6) is -0.428. The van der Waals surface area contributed by atoms with Gasteiger partial charge in [-0.05, 0) is 49.4 Å². The van der Waals surface area contributed by atoms with Gasteiger partial charge in [0.25, 0.3) is 0 Å². The molecule has 0 saturated heterocycles. The molecule has 1 N–H and O–H groups in total. The maximum Gasteiger partial charge on any atom is 0.238 e. The number of likely N-dealkylation sites (N-methyl/N-ethyl adjacent to an activating group) is 1. The fraction of sp³-hybridized carbons (Fsp3) is 0.235. The highest BCUT2D eigenvalue weighted by Gasteiger charge is 2.08. The first kappa shape index (κ1) is 15.2. The minimum atomic E-state index is -0.315. The predicted octanol–water partition coefficient (Wildman–Crippen LogP) is 3.20. The summed E-state index contributed by atoms with van der Waals surface area (Å²) in [5, 5.41) is 2.75. The van der Waals surface area contributed by atoms with Crippen molar-refractivity contribution in [1.29, 1.82) is 0 Å². The summed E-state index contributed by atoms with van der Waals surface area (Å²) < 4.78 is 12.8. The number of benzene rings is 2. The monoisotopic (exact) mass is 286 g/mol. The van der Waals surface area contributed by atoms with E-state index < -0.39 is 0 Å². The van der Waals surface area contributed by atoms with Gasteiger partial charge in [-0.25, -0.2) is 4.39 Å². The number of nitrogens with one attached hydrogen (secondary N) is 1. The largest absolute Gasteiger partial charge is 0.325 e. The molecule has 0 unspecified atom stereocenters. The van der Waals surface area contributed by atoms with Crippen molar-refractivity contribution in [3.8, 4) is 0 Å². The molecule has 110 valence electrons. The summed E-state index contributed by atoms with van der Waals surface area (Å²) in [5.41, 5.74) is 3.02. The number of anilines is 1. The fourth-order valence-corrected chi connectivity index (χ4v) is 2.11. The molecule has 2 aromatic carbocycles. The van der Waals surface area contributed by atoms with Crippen LogP contribution in [0, 0.1) is 12.7 Å². The zero-order valence-corrected chi connectivity index (χ0v) is 12.3. The van der Waals surface area contributed by atoms with Crippen molar-refractivity contribution in [3.05, 3.63) is 65.5 Å². The van der Waals surface area contributed by atoms with Gasteiger partial charge in [0.15, 0.2) is 0 Å². The molecule has 0 aliphatic carbocycles. The Kier molecular flexibility index (Phi) is 5.06. The van der Waals surface area contributed by atoms with Crippen molar-refractivity contribution in [2.75, 3.05) is 18.9 Å². The van der Waals surface area contributed by atoms with Crippen molar-refractivity contribution in [2.45, 2.75) is 13.5 Å². The molecule has 0 saturated carbocycles. The highest BCUT2D eigenvalue weighted by molar-refractivity contribution is 5.92. The molecule has 4 heteroatoms. The van der Waals surface area contributed by atoms with Crippen LogP contribution in [-0.4, -0.2) is 24.4 Å². The minimum Gasteiger partial charge on any atom is -0.325 e. The summed E-state index contributed by atoms with van der Waals surface area (Å²) >= 11 is 0. The van der Waals surface area contributed by atoms with Crippen LogP contribution in [0.3, 0.4) is 0 Å². The third kappa shape index (κ3) is 4.68. The number of halogens is 1. The van der Waals surface area contributed by atoms with Gasteiger partial charge in [-0.1, -0.05) is 24.3 Å².